The maximum atomic E-state index is 14.7. The minimum atomic E-state index is -1.30. The van der Waals surface area contributed by atoms with Gasteiger partial charge in [0, 0.05) is 30.9 Å². The SMILES string of the molecule is CC1([C@H]2C[C@H](F)CN2C(=O)c2n[nH]c3ncnc(N[C@@H]4COCC[C@H]4O)c23)C=C(C#N)C=C(F)C1. The Morgan fingerprint density at radius 2 is 2.29 bits per heavy atom. The number of carbonyl (C=O) groups excluding carboxylic acids is 1. The van der Waals surface area contributed by atoms with E-state index in [0.717, 1.165) is 6.08 Å². The van der Waals surface area contributed by atoms with Gasteiger partial charge in [0.25, 0.3) is 5.91 Å². The zero-order valence-corrected chi connectivity index (χ0v) is 19.0. The number of alkyl halides is 1. The molecule has 1 amide bonds. The molecule has 35 heavy (non-hydrogen) atoms. The summed E-state index contributed by atoms with van der Waals surface area (Å²) in [6, 6.07) is 0.814. The average Bonchev–Trinajstić information content (AvgIpc) is 3.44. The van der Waals surface area contributed by atoms with Crippen molar-refractivity contribution in [2.45, 2.75) is 50.5 Å². The molecule has 3 N–H and O–H groups in total. The first-order valence-corrected chi connectivity index (χ1v) is 11.4. The van der Waals surface area contributed by atoms with Gasteiger partial charge in [0.2, 0.25) is 0 Å². The highest BCUT2D eigenvalue weighted by atomic mass is 19.1. The quantitative estimate of drug-likeness (QED) is 0.599. The first-order valence-electron chi connectivity index (χ1n) is 11.4. The maximum absolute atomic E-state index is 14.7. The Kier molecular flexibility index (Phi) is 5.98. The van der Waals surface area contributed by atoms with Gasteiger partial charge in [-0.25, -0.2) is 18.7 Å². The minimum absolute atomic E-state index is 0.00618. The highest BCUT2D eigenvalue weighted by molar-refractivity contribution is 6.07. The Morgan fingerprint density at radius 1 is 1.46 bits per heavy atom. The van der Waals surface area contributed by atoms with Crippen LogP contribution in [0.3, 0.4) is 0 Å². The molecule has 2 saturated heterocycles. The standard InChI is InChI=1S/C23H25F2N7O3/c1-23(6-12(8-26)4-13(24)7-23)17-5-14(25)9-32(17)22(34)19-18-20(27-11-28-21(18)31-30-19)29-15-10-35-3-2-16(15)33/h4,6,11,14-17,33H,2-3,5,7,9-10H2,1H3,(H2,27,28,29,30,31)/t14-,15+,16+,17+,23?/m0/s1. The Balaban J connectivity index is 1.49. The number of fused-ring (bicyclic) bond motifs is 1. The molecule has 10 nitrogen and oxygen atoms in total. The van der Waals surface area contributed by atoms with Crippen molar-refractivity contribution >= 4 is 22.8 Å². The lowest BCUT2D eigenvalue weighted by molar-refractivity contribution is 0.00308. The summed E-state index contributed by atoms with van der Waals surface area (Å²) in [6.45, 7) is 2.25. The van der Waals surface area contributed by atoms with Crippen LogP contribution in [0.25, 0.3) is 11.0 Å². The molecule has 0 spiro atoms. The molecule has 184 valence electrons. The van der Waals surface area contributed by atoms with Crippen LogP contribution in [0, 0.1) is 16.7 Å². The highest BCUT2D eigenvalue weighted by Gasteiger charge is 2.47. The van der Waals surface area contributed by atoms with Crippen LogP contribution >= 0.6 is 0 Å². The molecule has 0 radical (unpaired) electrons. The van der Waals surface area contributed by atoms with Gasteiger partial charge in [-0.15, -0.1) is 0 Å². The lowest BCUT2D eigenvalue weighted by Crippen LogP contribution is -2.46. The number of hydrogen-bond acceptors (Lipinski definition) is 8. The smallest absolute Gasteiger partial charge is 0.275 e. The number of halogens is 2. The number of allylic oxidation sites excluding steroid dienone is 3. The summed E-state index contributed by atoms with van der Waals surface area (Å²) in [5.41, 5.74) is -0.528. The van der Waals surface area contributed by atoms with E-state index in [4.69, 9.17) is 4.74 Å². The summed E-state index contributed by atoms with van der Waals surface area (Å²) >= 11 is 0. The molecular formula is C23H25F2N7O3. The molecule has 12 heteroatoms. The fraction of sp³-hybridized carbons (Fsp3) is 0.522. The lowest BCUT2D eigenvalue weighted by Gasteiger charge is -2.39. The van der Waals surface area contributed by atoms with E-state index < -0.39 is 41.5 Å². The molecular weight excluding hydrogens is 460 g/mol. The molecule has 2 fully saturated rings. The molecule has 5 rings (SSSR count). The summed E-state index contributed by atoms with van der Waals surface area (Å²) in [7, 11) is 0. The van der Waals surface area contributed by atoms with Gasteiger partial charge < -0.3 is 20.1 Å². The van der Waals surface area contributed by atoms with Crippen LogP contribution in [-0.2, 0) is 4.74 Å². The number of aromatic amines is 1. The van der Waals surface area contributed by atoms with Crippen molar-refractivity contribution < 1.29 is 23.4 Å². The normalized spacial score (nSPS) is 31.1. The van der Waals surface area contributed by atoms with Crippen molar-refractivity contribution in [3.05, 3.63) is 35.6 Å². The molecule has 5 atom stereocenters. The molecule has 0 bridgehead atoms. The number of nitrogens with zero attached hydrogens (tertiary/aromatic N) is 5. The van der Waals surface area contributed by atoms with Gasteiger partial charge in [0.15, 0.2) is 11.3 Å². The molecule has 1 unspecified atom stereocenters. The van der Waals surface area contributed by atoms with Crippen LogP contribution in [0.2, 0.25) is 0 Å². The maximum Gasteiger partial charge on any atom is 0.275 e. The monoisotopic (exact) mass is 485 g/mol. The minimum Gasteiger partial charge on any atom is -0.391 e. The number of nitriles is 1. The van der Waals surface area contributed by atoms with Crippen molar-refractivity contribution in [1.29, 1.82) is 5.26 Å². The summed E-state index contributed by atoms with van der Waals surface area (Å²) in [5.74, 6) is -0.749. The molecule has 0 saturated carbocycles. The fourth-order valence-electron chi connectivity index (χ4n) is 5.24. The average molecular weight is 485 g/mol. The molecule has 3 aliphatic rings. The number of carbonyl (C=O) groups is 1. The van der Waals surface area contributed by atoms with Crippen molar-refractivity contribution in [1.82, 2.24) is 25.1 Å². The third-order valence-electron chi connectivity index (χ3n) is 6.95. The predicted octanol–water partition coefficient (Wildman–Crippen LogP) is 2.18. The Labute approximate surface area is 199 Å². The van der Waals surface area contributed by atoms with Crippen LogP contribution in [0.4, 0.5) is 14.6 Å². The Hall–Kier alpha value is -3.43. The van der Waals surface area contributed by atoms with Crippen molar-refractivity contribution in [3.8, 4) is 6.07 Å². The second kappa shape index (κ2) is 8.98. The zero-order valence-electron chi connectivity index (χ0n) is 19.0. The van der Waals surface area contributed by atoms with E-state index in [1.54, 1.807) is 13.0 Å². The van der Waals surface area contributed by atoms with Crippen molar-refractivity contribution in [3.63, 3.8) is 0 Å². The van der Waals surface area contributed by atoms with E-state index in [2.05, 4.69) is 25.5 Å². The van der Waals surface area contributed by atoms with Gasteiger partial charge in [-0.3, -0.25) is 9.89 Å². The first kappa shape index (κ1) is 23.3. The van der Waals surface area contributed by atoms with Gasteiger partial charge in [-0.1, -0.05) is 13.0 Å². The van der Waals surface area contributed by atoms with E-state index in [9.17, 15) is 23.9 Å². The van der Waals surface area contributed by atoms with Gasteiger partial charge in [0.1, 0.15) is 24.1 Å². The van der Waals surface area contributed by atoms with E-state index in [1.165, 1.54) is 11.2 Å². The topological polar surface area (TPSA) is 140 Å². The van der Waals surface area contributed by atoms with E-state index in [0.29, 0.717) is 29.9 Å². The summed E-state index contributed by atoms with van der Waals surface area (Å²) in [5, 5.41) is 29.9. The second-order valence-corrected chi connectivity index (χ2v) is 9.49. The van der Waals surface area contributed by atoms with E-state index in [1.807, 2.05) is 6.07 Å². The number of amides is 1. The molecule has 0 aromatic carbocycles. The Bertz CT molecular complexity index is 1260. The fourth-order valence-corrected chi connectivity index (χ4v) is 5.24. The molecule has 2 aliphatic heterocycles. The predicted molar refractivity (Wildman–Crippen MR) is 120 cm³/mol. The molecule has 2 aromatic rings. The van der Waals surface area contributed by atoms with Crippen LogP contribution in [0.15, 0.2) is 29.9 Å². The molecule has 2 aromatic heterocycles. The molecule has 1 aliphatic carbocycles. The van der Waals surface area contributed by atoms with Gasteiger partial charge >= 0.3 is 0 Å². The summed E-state index contributed by atoms with van der Waals surface area (Å²) in [4.78, 5) is 23.5. The number of nitrogens with one attached hydrogen (secondary N) is 2. The Morgan fingerprint density at radius 3 is 3.06 bits per heavy atom. The number of hydrogen-bond donors (Lipinski definition) is 3. The number of rotatable bonds is 4. The number of likely N-dealkylation sites (tertiary alicyclic amines) is 1. The molecule has 4 heterocycles. The third kappa shape index (κ3) is 4.26. The largest absolute Gasteiger partial charge is 0.391 e. The zero-order chi connectivity index (χ0) is 24.7. The lowest BCUT2D eigenvalue weighted by atomic mass is 9.73. The van der Waals surface area contributed by atoms with E-state index >= 15 is 0 Å². The number of anilines is 1. The first-order chi connectivity index (χ1) is 16.8. The van der Waals surface area contributed by atoms with Gasteiger partial charge in [-0.05, 0) is 12.5 Å². The van der Waals surface area contributed by atoms with Crippen molar-refractivity contribution in [2.75, 3.05) is 25.1 Å². The number of aliphatic hydroxyl groups is 1. The van der Waals surface area contributed by atoms with Crippen LogP contribution in [-0.4, -0.2) is 80.2 Å². The van der Waals surface area contributed by atoms with Crippen LogP contribution < -0.4 is 5.32 Å². The van der Waals surface area contributed by atoms with Crippen molar-refractivity contribution in [2.24, 2.45) is 5.41 Å². The van der Waals surface area contributed by atoms with Crippen LogP contribution in [0.5, 0.6) is 0 Å². The number of ether oxygens (including phenoxy) is 1. The summed E-state index contributed by atoms with van der Waals surface area (Å²) < 4.78 is 34.5. The number of H-pyrrole nitrogens is 1. The van der Waals surface area contributed by atoms with E-state index in [-0.39, 0.29) is 37.3 Å². The van der Waals surface area contributed by atoms with Gasteiger partial charge in [0.05, 0.1) is 42.3 Å². The highest BCUT2D eigenvalue weighted by Crippen LogP contribution is 2.44. The summed E-state index contributed by atoms with van der Waals surface area (Å²) in [6.07, 6.45) is 2.54. The second-order valence-electron chi connectivity index (χ2n) is 9.49. The van der Waals surface area contributed by atoms with Gasteiger partial charge in [-0.2, -0.15) is 10.4 Å². The third-order valence-corrected chi connectivity index (χ3v) is 6.95. The number of aromatic nitrogens is 4. The van der Waals surface area contributed by atoms with Crippen LogP contribution in [0.1, 0.15) is 36.7 Å². The number of aliphatic hydroxyl groups excluding tert-OH is 1.